The number of nitro benzene ring substituents is 1. The van der Waals surface area contributed by atoms with Gasteiger partial charge < -0.3 is 0 Å². The summed E-state index contributed by atoms with van der Waals surface area (Å²) < 4.78 is 3.05. The maximum Gasteiger partial charge on any atom is 0.312 e. The molecule has 29 heavy (non-hydrogen) atoms. The van der Waals surface area contributed by atoms with Crippen LogP contribution in [0.2, 0.25) is 0 Å². The zero-order chi connectivity index (χ0) is 21.1. The molecule has 0 saturated heterocycles. The molecule has 2 heterocycles. The van der Waals surface area contributed by atoms with E-state index in [0.717, 1.165) is 0 Å². The molecule has 0 amide bonds. The third-order valence-corrected chi connectivity index (χ3v) is 4.92. The van der Waals surface area contributed by atoms with Crippen molar-refractivity contribution in [3.63, 3.8) is 0 Å². The minimum atomic E-state index is -0.469. The topological polar surface area (TPSA) is 147 Å². The van der Waals surface area contributed by atoms with E-state index in [1.54, 1.807) is 32.9 Å². The Balaban J connectivity index is 1.77. The number of thioether (sulfide) groups is 1. The quantitative estimate of drug-likeness (QED) is 0.247. The van der Waals surface area contributed by atoms with E-state index in [-0.39, 0.29) is 11.4 Å². The van der Waals surface area contributed by atoms with E-state index in [9.17, 15) is 20.2 Å². The molecule has 0 fully saturated rings. The number of non-ortho nitro benzene ring substituents is 1. The van der Waals surface area contributed by atoms with Gasteiger partial charge in [-0.25, -0.2) is 0 Å². The van der Waals surface area contributed by atoms with Gasteiger partial charge in [0.25, 0.3) is 5.69 Å². The number of aromatic nitrogens is 5. The summed E-state index contributed by atoms with van der Waals surface area (Å²) in [4.78, 5) is 20.9. The predicted octanol–water partition coefficient (Wildman–Crippen LogP) is 2.85. The molecule has 0 spiro atoms. The first-order valence-corrected chi connectivity index (χ1v) is 9.28. The molecule has 0 aliphatic heterocycles. The molecule has 0 unspecified atom stereocenters. The van der Waals surface area contributed by atoms with Crippen molar-refractivity contribution < 1.29 is 9.85 Å². The first kappa shape index (κ1) is 20.1. The number of nitrogens with zero attached hydrogens (tertiary/aromatic N) is 8. The Morgan fingerprint density at radius 2 is 1.79 bits per heavy atom. The second-order valence-electron chi connectivity index (χ2n) is 5.98. The average Bonchev–Trinajstić information content (AvgIpc) is 3.17. The van der Waals surface area contributed by atoms with Gasteiger partial charge in [0.1, 0.15) is 11.4 Å². The van der Waals surface area contributed by atoms with Crippen LogP contribution < -0.4 is 0 Å². The van der Waals surface area contributed by atoms with Crippen molar-refractivity contribution in [2.45, 2.75) is 31.8 Å². The van der Waals surface area contributed by atoms with Gasteiger partial charge >= 0.3 is 5.69 Å². The molecule has 0 radical (unpaired) electrons. The molecule has 3 rings (SSSR count). The molecule has 13 heteroatoms. The summed E-state index contributed by atoms with van der Waals surface area (Å²) in [5.41, 5.74) is 1.48. The predicted molar refractivity (Wildman–Crippen MR) is 105 cm³/mol. The molecule has 0 aliphatic rings. The number of benzene rings is 1. The highest BCUT2D eigenvalue weighted by atomic mass is 32.2. The van der Waals surface area contributed by atoms with Crippen molar-refractivity contribution >= 4 is 29.4 Å². The lowest BCUT2D eigenvalue weighted by Crippen LogP contribution is -2.02. The third kappa shape index (κ3) is 4.29. The Morgan fingerprint density at radius 3 is 2.38 bits per heavy atom. The van der Waals surface area contributed by atoms with Gasteiger partial charge in [-0.2, -0.15) is 14.9 Å². The standard InChI is InChI=1S/C16H16N8O4S/c1-10-15(24(27)28)11(2)21(20-10)9-29-16-19-18-12(3)22(16)17-8-13-4-6-14(7-5-13)23(25)26/h4-8H,9H2,1-3H3/b17-8-. The zero-order valence-corrected chi connectivity index (χ0v) is 16.5. The van der Waals surface area contributed by atoms with Crippen molar-refractivity contribution in [3.8, 4) is 0 Å². The maximum atomic E-state index is 11.1. The Bertz CT molecular complexity index is 1100. The van der Waals surface area contributed by atoms with Crippen LogP contribution in [-0.2, 0) is 5.88 Å². The summed E-state index contributed by atoms with van der Waals surface area (Å²) in [6, 6.07) is 5.96. The molecule has 0 atom stereocenters. The van der Waals surface area contributed by atoms with E-state index in [0.29, 0.717) is 33.8 Å². The van der Waals surface area contributed by atoms with Gasteiger partial charge in [0, 0.05) is 12.1 Å². The van der Waals surface area contributed by atoms with Gasteiger partial charge in [-0.05, 0) is 38.5 Å². The highest BCUT2D eigenvalue weighted by Crippen LogP contribution is 2.25. The molecular formula is C16H16N8O4S. The summed E-state index contributed by atoms with van der Waals surface area (Å²) in [6.45, 7) is 4.97. The lowest BCUT2D eigenvalue weighted by atomic mass is 10.2. The average molecular weight is 416 g/mol. The zero-order valence-electron chi connectivity index (χ0n) is 15.7. The normalized spacial score (nSPS) is 11.3. The van der Waals surface area contributed by atoms with Gasteiger partial charge in [0.05, 0.1) is 21.9 Å². The molecule has 0 saturated carbocycles. The van der Waals surface area contributed by atoms with Gasteiger partial charge in [-0.3, -0.25) is 24.9 Å². The summed E-state index contributed by atoms with van der Waals surface area (Å²) in [5, 5.41) is 38.9. The van der Waals surface area contributed by atoms with E-state index < -0.39 is 9.85 Å². The van der Waals surface area contributed by atoms with E-state index in [4.69, 9.17) is 0 Å². The summed E-state index contributed by atoms with van der Waals surface area (Å²) in [6.07, 6.45) is 1.54. The fraction of sp³-hybridized carbons (Fsp3) is 0.250. The monoisotopic (exact) mass is 416 g/mol. The van der Waals surface area contributed by atoms with E-state index >= 15 is 0 Å². The van der Waals surface area contributed by atoms with Crippen LogP contribution in [-0.4, -0.2) is 40.7 Å². The van der Waals surface area contributed by atoms with Crippen molar-refractivity contribution in [1.29, 1.82) is 0 Å². The molecule has 3 aromatic rings. The van der Waals surface area contributed by atoms with E-state index in [2.05, 4.69) is 20.4 Å². The summed E-state index contributed by atoms with van der Waals surface area (Å²) in [7, 11) is 0. The number of hydrogen-bond acceptors (Lipinski definition) is 9. The first-order chi connectivity index (χ1) is 13.8. The molecule has 0 N–H and O–H groups in total. The number of nitro groups is 2. The first-order valence-electron chi connectivity index (χ1n) is 8.30. The van der Waals surface area contributed by atoms with Crippen LogP contribution in [0, 0.1) is 41.0 Å². The van der Waals surface area contributed by atoms with Gasteiger partial charge in [0.15, 0.2) is 5.82 Å². The molecule has 2 aromatic heterocycles. The van der Waals surface area contributed by atoms with Crippen LogP contribution in [0.25, 0.3) is 0 Å². The van der Waals surface area contributed by atoms with Gasteiger partial charge in [0.2, 0.25) is 5.16 Å². The fourth-order valence-corrected chi connectivity index (χ4v) is 3.45. The lowest BCUT2D eigenvalue weighted by Gasteiger charge is -2.04. The summed E-state index contributed by atoms with van der Waals surface area (Å²) >= 11 is 1.27. The molecule has 12 nitrogen and oxygen atoms in total. The number of rotatable bonds is 7. The lowest BCUT2D eigenvalue weighted by molar-refractivity contribution is -0.386. The smallest absolute Gasteiger partial charge is 0.258 e. The van der Waals surface area contributed by atoms with Crippen LogP contribution in [0.3, 0.4) is 0 Å². The van der Waals surface area contributed by atoms with E-state index in [1.165, 1.54) is 39.5 Å². The van der Waals surface area contributed by atoms with Gasteiger partial charge in [-0.1, -0.05) is 11.8 Å². The third-order valence-electron chi connectivity index (χ3n) is 4.04. The SMILES string of the molecule is Cc1nn(CSc2nnc(C)n2/N=C\c2ccc([N+](=O)[O-])cc2)c(C)c1[N+](=O)[O-]. The Morgan fingerprint density at radius 1 is 1.10 bits per heavy atom. The van der Waals surface area contributed by atoms with Crippen LogP contribution in [0.5, 0.6) is 0 Å². The Hall–Kier alpha value is -3.61. The van der Waals surface area contributed by atoms with Crippen LogP contribution in [0.1, 0.15) is 22.8 Å². The van der Waals surface area contributed by atoms with Gasteiger partial charge in [-0.15, -0.1) is 10.2 Å². The number of aryl methyl sites for hydroxylation is 2. The van der Waals surface area contributed by atoms with Crippen LogP contribution in [0.15, 0.2) is 34.5 Å². The molecule has 150 valence electrons. The molecule has 1 aromatic carbocycles. The maximum absolute atomic E-state index is 11.1. The largest absolute Gasteiger partial charge is 0.312 e. The number of hydrogen-bond donors (Lipinski definition) is 0. The van der Waals surface area contributed by atoms with Crippen molar-refractivity contribution in [1.82, 2.24) is 24.7 Å². The minimum Gasteiger partial charge on any atom is -0.258 e. The molecule has 0 aliphatic carbocycles. The van der Waals surface area contributed by atoms with Crippen LogP contribution in [0.4, 0.5) is 11.4 Å². The van der Waals surface area contributed by atoms with Crippen LogP contribution >= 0.6 is 11.8 Å². The van der Waals surface area contributed by atoms with Crippen molar-refractivity contribution in [3.05, 3.63) is 67.3 Å². The minimum absolute atomic E-state index is 0.000519. The highest BCUT2D eigenvalue weighted by Gasteiger charge is 2.22. The van der Waals surface area contributed by atoms with Crippen molar-refractivity contribution in [2.75, 3.05) is 0 Å². The summed E-state index contributed by atoms with van der Waals surface area (Å²) in [5.74, 6) is 0.844. The highest BCUT2D eigenvalue weighted by molar-refractivity contribution is 7.98. The fourth-order valence-electron chi connectivity index (χ4n) is 2.56. The second kappa shape index (κ2) is 8.18. The second-order valence-corrected chi connectivity index (χ2v) is 6.90. The van der Waals surface area contributed by atoms with Crippen molar-refractivity contribution in [2.24, 2.45) is 5.10 Å². The Labute approximate surface area is 168 Å². The molecular weight excluding hydrogens is 400 g/mol. The van der Waals surface area contributed by atoms with E-state index in [1.807, 2.05) is 0 Å². The molecule has 0 bridgehead atoms. The Kier molecular flexibility index (Phi) is 5.68.